The van der Waals surface area contributed by atoms with Crippen molar-refractivity contribution in [2.75, 3.05) is 0 Å². The Bertz CT molecular complexity index is 489. The largest absolute Gasteiger partial charge is 0.435 e. The van der Waals surface area contributed by atoms with Crippen LogP contribution in [0.2, 0.25) is 0 Å². The molecule has 92 valence electrons. The highest BCUT2D eigenvalue weighted by Crippen LogP contribution is 2.29. The summed E-state index contributed by atoms with van der Waals surface area (Å²) < 4.78 is 38.3. The Balaban J connectivity index is 2.43. The molecule has 5 nitrogen and oxygen atoms in total. The first kappa shape index (κ1) is 11.5. The van der Waals surface area contributed by atoms with Crippen molar-refractivity contribution < 1.29 is 18.4 Å². The molecule has 2 N–H and O–H groups in total. The monoisotopic (exact) mass is 246 g/mol. The Morgan fingerprint density at radius 3 is 2.65 bits per heavy atom. The molecule has 2 heterocycles. The van der Waals surface area contributed by atoms with Crippen LogP contribution in [0.25, 0.3) is 5.82 Å². The zero-order valence-corrected chi connectivity index (χ0v) is 8.73. The molecule has 0 saturated carbocycles. The fourth-order valence-corrected chi connectivity index (χ4v) is 1.39. The van der Waals surface area contributed by atoms with Crippen LogP contribution in [0.15, 0.2) is 24.4 Å². The molecule has 0 bridgehead atoms. The van der Waals surface area contributed by atoms with Crippen molar-refractivity contribution in [3.8, 4) is 0 Å². The van der Waals surface area contributed by atoms with Gasteiger partial charge >= 0.3 is 6.18 Å². The number of alkyl halides is 3. The van der Waals surface area contributed by atoms with Gasteiger partial charge in [0.05, 0.1) is 0 Å². The maximum atomic E-state index is 12.4. The number of hydrogen-bond acceptors (Lipinski definition) is 4. The highest BCUT2D eigenvalue weighted by molar-refractivity contribution is 5.47. The molecule has 0 saturated heterocycles. The summed E-state index contributed by atoms with van der Waals surface area (Å²) in [4.78, 5) is 0. The molecule has 8 heteroatoms. The van der Waals surface area contributed by atoms with Crippen LogP contribution >= 0.6 is 0 Å². The van der Waals surface area contributed by atoms with Gasteiger partial charge in [0, 0.05) is 11.9 Å². The molecular formula is C9H9F3N4O. The predicted octanol–water partition coefficient (Wildman–Crippen LogP) is 1.73. The Labute approximate surface area is 94.4 Å². The second-order valence-electron chi connectivity index (χ2n) is 3.41. The maximum Gasteiger partial charge on any atom is 0.435 e. The molecule has 0 unspecified atom stereocenters. The number of allylic oxidation sites excluding steroid dienone is 2. The van der Waals surface area contributed by atoms with Crippen molar-refractivity contribution in [3.63, 3.8) is 0 Å². The molecule has 0 aliphatic carbocycles. The molecule has 0 amide bonds. The van der Waals surface area contributed by atoms with Gasteiger partial charge in [0.15, 0.2) is 11.5 Å². The summed E-state index contributed by atoms with van der Waals surface area (Å²) in [5.74, 6) is 0.0838. The first-order valence-corrected chi connectivity index (χ1v) is 4.66. The minimum absolute atomic E-state index is 0.0838. The summed E-state index contributed by atoms with van der Waals surface area (Å²) >= 11 is 0. The van der Waals surface area contributed by atoms with Crippen LogP contribution in [-0.2, 0) is 6.18 Å². The SMILES string of the molecule is Cc1cc(C(F)(F)F)nn1C1=CC=CNN1O. The van der Waals surface area contributed by atoms with E-state index in [2.05, 4.69) is 10.5 Å². The number of hydrazine groups is 1. The summed E-state index contributed by atoms with van der Waals surface area (Å²) in [5, 5.41) is 13.4. The summed E-state index contributed by atoms with van der Waals surface area (Å²) in [6, 6.07) is 0.910. The predicted molar refractivity (Wildman–Crippen MR) is 52.1 cm³/mol. The Morgan fingerprint density at radius 2 is 2.12 bits per heavy atom. The summed E-state index contributed by atoms with van der Waals surface area (Å²) in [7, 11) is 0. The lowest BCUT2D eigenvalue weighted by Crippen LogP contribution is -2.34. The third-order valence-corrected chi connectivity index (χ3v) is 2.15. The van der Waals surface area contributed by atoms with Gasteiger partial charge in [-0.15, -0.1) is 5.17 Å². The molecule has 1 aliphatic heterocycles. The molecule has 0 fully saturated rings. The average molecular weight is 246 g/mol. The van der Waals surface area contributed by atoms with E-state index in [1.165, 1.54) is 25.3 Å². The third-order valence-electron chi connectivity index (χ3n) is 2.15. The maximum absolute atomic E-state index is 12.4. The quantitative estimate of drug-likeness (QED) is 0.792. The number of nitrogens with one attached hydrogen (secondary N) is 1. The first-order chi connectivity index (χ1) is 7.89. The summed E-state index contributed by atoms with van der Waals surface area (Å²) in [5.41, 5.74) is 1.67. The van der Waals surface area contributed by atoms with Crippen molar-refractivity contribution >= 4 is 5.82 Å². The van der Waals surface area contributed by atoms with Crippen LogP contribution < -0.4 is 5.43 Å². The normalized spacial score (nSPS) is 15.8. The number of aryl methyl sites for hydroxylation is 1. The van der Waals surface area contributed by atoms with Crippen LogP contribution in [0.5, 0.6) is 0 Å². The molecule has 0 spiro atoms. The highest BCUT2D eigenvalue weighted by atomic mass is 19.4. The van der Waals surface area contributed by atoms with Crippen molar-refractivity contribution in [2.24, 2.45) is 0 Å². The average Bonchev–Trinajstić information content (AvgIpc) is 2.61. The summed E-state index contributed by atoms with van der Waals surface area (Å²) in [6.07, 6.45) is -0.116. The second-order valence-corrected chi connectivity index (χ2v) is 3.41. The van der Waals surface area contributed by atoms with E-state index in [0.717, 1.165) is 10.7 Å². The molecule has 1 aromatic heterocycles. The van der Waals surface area contributed by atoms with E-state index in [0.29, 0.717) is 5.17 Å². The molecule has 0 aromatic carbocycles. The lowest BCUT2D eigenvalue weighted by Gasteiger charge is -2.22. The van der Waals surface area contributed by atoms with Gasteiger partial charge in [-0.2, -0.15) is 18.3 Å². The topological polar surface area (TPSA) is 53.3 Å². The molecular weight excluding hydrogens is 237 g/mol. The van der Waals surface area contributed by atoms with Crippen LogP contribution in [0.1, 0.15) is 11.4 Å². The van der Waals surface area contributed by atoms with Gasteiger partial charge in [0.2, 0.25) is 0 Å². The van der Waals surface area contributed by atoms with Gasteiger partial charge < -0.3 is 0 Å². The smallest absolute Gasteiger partial charge is 0.280 e. The van der Waals surface area contributed by atoms with E-state index in [4.69, 9.17) is 0 Å². The van der Waals surface area contributed by atoms with Crippen LogP contribution in [0.3, 0.4) is 0 Å². The van der Waals surface area contributed by atoms with Crippen molar-refractivity contribution in [1.29, 1.82) is 0 Å². The van der Waals surface area contributed by atoms with Crippen LogP contribution in [-0.4, -0.2) is 20.2 Å². The van der Waals surface area contributed by atoms with Crippen molar-refractivity contribution in [3.05, 3.63) is 35.8 Å². The van der Waals surface area contributed by atoms with Crippen LogP contribution in [0.4, 0.5) is 13.2 Å². The van der Waals surface area contributed by atoms with Gasteiger partial charge in [-0.05, 0) is 25.1 Å². The van der Waals surface area contributed by atoms with Gasteiger partial charge in [-0.25, -0.2) is 4.68 Å². The molecule has 1 aliphatic rings. The van der Waals surface area contributed by atoms with E-state index < -0.39 is 11.9 Å². The zero-order chi connectivity index (χ0) is 12.6. The molecule has 17 heavy (non-hydrogen) atoms. The highest BCUT2D eigenvalue weighted by Gasteiger charge is 2.35. The number of rotatable bonds is 1. The number of aromatic nitrogens is 2. The van der Waals surface area contributed by atoms with Gasteiger partial charge in [-0.3, -0.25) is 10.6 Å². The number of hydroxylamine groups is 1. The number of halogens is 3. The van der Waals surface area contributed by atoms with E-state index >= 15 is 0 Å². The standard InChI is InChI=1S/C9H9F3N4O/c1-6-5-7(9(10,11)12)14-15(6)8-3-2-4-13-16(8)17/h2-5,13,17H,1H3. The van der Waals surface area contributed by atoms with Gasteiger partial charge in [0.25, 0.3) is 0 Å². The zero-order valence-electron chi connectivity index (χ0n) is 8.73. The minimum atomic E-state index is -4.51. The van der Waals surface area contributed by atoms with E-state index in [1.807, 2.05) is 0 Å². The first-order valence-electron chi connectivity index (χ1n) is 4.66. The van der Waals surface area contributed by atoms with Gasteiger partial charge in [0.1, 0.15) is 0 Å². The summed E-state index contributed by atoms with van der Waals surface area (Å²) in [6.45, 7) is 1.47. The Kier molecular flexibility index (Phi) is 2.58. The van der Waals surface area contributed by atoms with Crippen molar-refractivity contribution in [2.45, 2.75) is 13.1 Å². The third kappa shape index (κ3) is 2.11. The van der Waals surface area contributed by atoms with Crippen LogP contribution in [0, 0.1) is 6.92 Å². The Hall–Kier alpha value is -1.96. The van der Waals surface area contributed by atoms with Gasteiger partial charge in [-0.1, -0.05) is 0 Å². The second kappa shape index (κ2) is 3.81. The fourth-order valence-electron chi connectivity index (χ4n) is 1.39. The number of hydrogen-bond donors (Lipinski definition) is 2. The molecule has 0 atom stereocenters. The number of nitrogens with zero attached hydrogens (tertiary/aromatic N) is 3. The van der Waals surface area contributed by atoms with Crippen molar-refractivity contribution in [1.82, 2.24) is 20.4 Å². The minimum Gasteiger partial charge on any atom is -0.280 e. The Morgan fingerprint density at radius 1 is 1.41 bits per heavy atom. The molecule has 2 rings (SSSR count). The van der Waals surface area contributed by atoms with E-state index in [1.54, 1.807) is 0 Å². The van der Waals surface area contributed by atoms with E-state index in [9.17, 15) is 18.4 Å². The lowest BCUT2D eigenvalue weighted by atomic mass is 10.3. The lowest BCUT2D eigenvalue weighted by molar-refractivity contribution is -0.141. The fraction of sp³-hybridized carbons (Fsp3) is 0.222. The molecule has 1 aromatic rings. The van der Waals surface area contributed by atoms with E-state index in [-0.39, 0.29) is 11.5 Å². The molecule has 0 radical (unpaired) electrons.